The minimum atomic E-state index is -0.365. The SMILES string of the molecule is C#CCCC(O)C(CC)(CC)c1ccccc1. The van der Waals surface area contributed by atoms with Crippen molar-refractivity contribution in [2.45, 2.75) is 51.0 Å². The predicted octanol–water partition coefficient (Wildman–Crippen LogP) is 3.52. The molecule has 0 aliphatic heterocycles. The van der Waals surface area contributed by atoms with Gasteiger partial charge in [0.2, 0.25) is 0 Å². The highest BCUT2D eigenvalue weighted by molar-refractivity contribution is 5.27. The number of rotatable bonds is 6. The molecule has 1 atom stereocenters. The fraction of sp³-hybridized carbons (Fsp3) is 0.500. The van der Waals surface area contributed by atoms with E-state index in [0.29, 0.717) is 12.8 Å². The van der Waals surface area contributed by atoms with Gasteiger partial charge in [0.15, 0.2) is 0 Å². The van der Waals surface area contributed by atoms with E-state index in [2.05, 4.69) is 31.9 Å². The molecular formula is C16H22O. The van der Waals surface area contributed by atoms with E-state index in [9.17, 15) is 5.11 Å². The molecule has 17 heavy (non-hydrogen) atoms. The highest BCUT2D eigenvalue weighted by Gasteiger charge is 2.35. The number of aliphatic hydroxyl groups is 1. The molecule has 1 heteroatoms. The van der Waals surface area contributed by atoms with Gasteiger partial charge in [-0.1, -0.05) is 44.2 Å². The van der Waals surface area contributed by atoms with Crippen molar-refractivity contribution in [3.8, 4) is 12.3 Å². The first-order chi connectivity index (χ1) is 8.21. The Bertz CT molecular complexity index is 357. The molecule has 0 saturated carbocycles. The highest BCUT2D eigenvalue weighted by atomic mass is 16.3. The standard InChI is InChI=1S/C16H22O/c1-4-7-13-15(17)16(5-2,6-3)14-11-9-8-10-12-14/h1,8-12,15,17H,5-7,13H2,2-3H3. The number of hydrogen-bond donors (Lipinski definition) is 1. The fourth-order valence-corrected chi connectivity index (χ4v) is 2.59. The first kappa shape index (κ1) is 13.8. The monoisotopic (exact) mass is 230 g/mol. The summed E-state index contributed by atoms with van der Waals surface area (Å²) in [7, 11) is 0. The maximum absolute atomic E-state index is 10.4. The number of terminal acetylenes is 1. The molecule has 0 aliphatic rings. The lowest BCUT2D eigenvalue weighted by molar-refractivity contribution is 0.0668. The molecule has 1 rings (SSSR count). The van der Waals surface area contributed by atoms with Crippen LogP contribution in [-0.2, 0) is 5.41 Å². The van der Waals surface area contributed by atoms with Gasteiger partial charge >= 0.3 is 0 Å². The number of benzene rings is 1. The van der Waals surface area contributed by atoms with Crippen LogP contribution in [-0.4, -0.2) is 11.2 Å². The van der Waals surface area contributed by atoms with E-state index in [-0.39, 0.29) is 11.5 Å². The molecule has 0 radical (unpaired) electrons. The first-order valence-electron chi connectivity index (χ1n) is 6.38. The van der Waals surface area contributed by atoms with Crippen molar-refractivity contribution >= 4 is 0 Å². The van der Waals surface area contributed by atoms with Crippen molar-refractivity contribution in [1.29, 1.82) is 0 Å². The summed E-state index contributed by atoms with van der Waals surface area (Å²) >= 11 is 0. The predicted molar refractivity (Wildman–Crippen MR) is 72.8 cm³/mol. The lowest BCUT2D eigenvalue weighted by atomic mass is 9.70. The van der Waals surface area contributed by atoms with Crippen LogP contribution >= 0.6 is 0 Å². The largest absolute Gasteiger partial charge is 0.392 e. The van der Waals surface area contributed by atoms with Crippen molar-refractivity contribution in [2.24, 2.45) is 0 Å². The summed E-state index contributed by atoms with van der Waals surface area (Å²) in [5, 5.41) is 10.4. The Balaban J connectivity index is 3.01. The third-order valence-electron chi connectivity index (χ3n) is 3.81. The normalized spacial score (nSPS) is 13.1. The van der Waals surface area contributed by atoms with Crippen LogP contribution in [0.5, 0.6) is 0 Å². The second kappa shape index (κ2) is 6.47. The second-order valence-corrected chi connectivity index (χ2v) is 4.49. The quantitative estimate of drug-likeness (QED) is 0.741. The van der Waals surface area contributed by atoms with Crippen molar-refractivity contribution in [2.75, 3.05) is 0 Å². The van der Waals surface area contributed by atoms with Gasteiger partial charge in [0.1, 0.15) is 0 Å². The van der Waals surface area contributed by atoms with Gasteiger partial charge in [-0.25, -0.2) is 0 Å². The fourth-order valence-electron chi connectivity index (χ4n) is 2.59. The van der Waals surface area contributed by atoms with E-state index in [1.807, 2.05) is 18.2 Å². The van der Waals surface area contributed by atoms with Gasteiger partial charge in [0.25, 0.3) is 0 Å². The summed E-state index contributed by atoms with van der Waals surface area (Å²) in [6.07, 6.45) is 8.08. The maximum Gasteiger partial charge on any atom is 0.0645 e. The van der Waals surface area contributed by atoms with Crippen LogP contribution in [0.25, 0.3) is 0 Å². The van der Waals surface area contributed by atoms with Crippen molar-refractivity contribution in [3.05, 3.63) is 35.9 Å². The lowest BCUT2D eigenvalue weighted by Crippen LogP contribution is -2.38. The molecule has 0 saturated heterocycles. The maximum atomic E-state index is 10.4. The van der Waals surface area contributed by atoms with Crippen LogP contribution < -0.4 is 0 Å². The van der Waals surface area contributed by atoms with E-state index >= 15 is 0 Å². The van der Waals surface area contributed by atoms with Crippen molar-refractivity contribution in [1.82, 2.24) is 0 Å². The van der Waals surface area contributed by atoms with Crippen LogP contribution in [0.3, 0.4) is 0 Å². The van der Waals surface area contributed by atoms with E-state index in [4.69, 9.17) is 6.42 Å². The molecule has 1 aromatic carbocycles. The molecule has 0 aromatic heterocycles. The second-order valence-electron chi connectivity index (χ2n) is 4.49. The summed E-state index contributed by atoms with van der Waals surface area (Å²) in [6, 6.07) is 10.3. The smallest absolute Gasteiger partial charge is 0.0645 e. The molecule has 1 nitrogen and oxygen atoms in total. The Morgan fingerprint density at radius 1 is 1.24 bits per heavy atom. The zero-order valence-electron chi connectivity index (χ0n) is 10.8. The van der Waals surface area contributed by atoms with Gasteiger partial charge in [0.05, 0.1) is 6.10 Å². The molecule has 92 valence electrons. The minimum Gasteiger partial charge on any atom is -0.392 e. The molecule has 0 amide bonds. The summed E-state index contributed by atoms with van der Waals surface area (Å²) in [5.41, 5.74) is 1.06. The lowest BCUT2D eigenvalue weighted by Gasteiger charge is -2.37. The zero-order valence-corrected chi connectivity index (χ0v) is 10.8. The average molecular weight is 230 g/mol. The summed E-state index contributed by atoms with van der Waals surface area (Å²) in [6.45, 7) is 4.27. The molecule has 1 aromatic rings. The average Bonchev–Trinajstić information content (AvgIpc) is 2.39. The molecule has 1 unspecified atom stereocenters. The van der Waals surface area contributed by atoms with Gasteiger partial charge in [-0.3, -0.25) is 0 Å². The summed E-state index contributed by atoms with van der Waals surface area (Å²) in [4.78, 5) is 0. The van der Waals surface area contributed by atoms with Gasteiger partial charge in [0, 0.05) is 11.8 Å². The molecule has 0 spiro atoms. The van der Waals surface area contributed by atoms with Crippen molar-refractivity contribution in [3.63, 3.8) is 0 Å². The Morgan fingerprint density at radius 2 is 1.82 bits per heavy atom. The van der Waals surface area contributed by atoms with Gasteiger partial charge in [-0.05, 0) is 24.8 Å². The summed E-state index contributed by atoms with van der Waals surface area (Å²) < 4.78 is 0. The van der Waals surface area contributed by atoms with Crippen LogP contribution in [0.1, 0.15) is 45.1 Å². The minimum absolute atomic E-state index is 0.155. The zero-order chi connectivity index (χ0) is 12.7. The van der Waals surface area contributed by atoms with Crippen LogP contribution in [0.15, 0.2) is 30.3 Å². The van der Waals surface area contributed by atoms with Gasteiger partial charge < -0.3 is 5.11 Å². The topological polar surface area (TPSA) is 20.2 Å². The van der Waals surface area contributed by atoms with E-state index < -0.39 is 0 Å². The van der Waals surface area contributed by atoms with Crippen LogP contribution in [0.2, 0.25) is 0 Å². The van der Waals surface area contributed by atoms with E-state index in [0.717, 1.165) is 12.8 Å². The molecule has 0 aliphatic carbocycles. The summed E-state index contributed by atoms with van der Waals surface area (Å²) in [5.74, 6) is 2.61. The molecular weight excluding hydrogens is 208 g/mol. The Kier molecular flexibility index (Phi) is 5.25. The Morgan fingerprint density at radius 3 is 2.29 bits per heavy atom. The van der Waals surface area contributed by atoms with Crippen molar-refractivity contribution < 1.29 is 5.11 Å². The van der Waals surface area contributed by atoms with Crippen LogP contribution in [0, 0.1) is 12.3 Å². The molecule has 1 N–H and O–H groups in total. The van der Waals surface area contributed by atoms with Gasteiger partial charge in [-0.15, -0.1) is 12.3 Å². The third-order valence-corrected chi connectivity index (χ3v) is 3.81. The molecule has 0 bridgehead atoms. The van der Waals surface area contributed by atoms with Gasteiger partial charge in [-0.2, -0.15) is 0 Å². The third kappa shape index (κ3) is 2.90. The Hall–Kier alpha value is -1.26. The number of aliphatic hydroxyl groups excluding tert-OH is 1. The van der Waals surface area contributed by atoms with E-state index in [1.165, 1.54) is 5.56 Å². The van der Waals surface area contributed by atoms with Crippen LogP contribution in [0.4, 0.5) is 0 Å². The highest BCUT2D eigenvalue weighted by Crippen LogP contribution is 2.36. The van der Waals surface area contributed by atoms with E-state index in [1.54, 1.807) is 0 Å². The Labute approximate surface area is 105 Å². The molecule has 0 fully saturated rings. The first-order valence-corrected chi connectivity index (χ1v) is 6.38. The number of hydrogen-bond acceptors (Lipinski definition) is 1. The molecule has 0 heterocycles.